The quantitative estimate of drug-likeness (QED) is 0.751. The lowest BCUT2D eigenvalue weighted by Crippen LogP contribution is -2.52. The zero-order valence-corrected chi connectivity index (χ0v) is 10.9. The van der Waals surface area contributed by atoms with E-state index in [1.165, 1.54) is 0 Å². The fourth-order valence-corrected chi connectivity index (χ4v) is 2.91. The van der Waals surface area contributed by atoms with Crippen molar-refractivity contribution >= 4 is 23.1 Å². The van der Waals surface area contributed by atoms with Gasteiger partial charge in [0, 0.05) is 13.2 Å². The Balaban J connectivity index is 2.02. The number of carbonyl (C=O) groups excluding carboxylic acids is 1. The van der Waals surface area contributed by atoms with Gasteiger partial charge in [-0.25, -0.2) is 0 Å². The van der Waals surface area contributed by atoms with Gasteiger partial charge in [0.2, 0.25) is 5.91 Å². The Morgan fingerprint density at radius 2 is 2.12 bits per heavy atom. The molecule has 2 aliphatic rings. The lowest BCUT2D eigenvalue weighted by Gasteiger charge is -2.38. The van der Waals surface area contributed by atoms with E-state index in [4.69, 9.17) is 22.7 Å². The van der Waals surface area contributed by atoms with E-state index in [0.717, 1.165) is 45.3 Å². The van der Waals surface area contributed by atoms with E-state index in [9.17, 15) is 4.79 Å². The van der Waals surface area contributed by atoms with Crippen LogP contribution in [0.5, 0.6) is 0 Å². The highest BCUT2D eigenvalue weighted by Gasteiger charge is 2.33. The predicted molar refractivity (Wildman–Crippen MR) is 69.7 cm³/mol. The zero-order chi connectivity index (χ0) is 12.3. The molecule has 0 radical (unpaired) electrons. The van der Waals surface area contributed by atoms with E-state index < -0.39 is 0 Å². The fourth-order valence-electron chi connectivity index (χ4n) is 2.66. The number of thiocarbonyl (C=S) groups is 1. The minimum atomic E-state index is -0.0341. The molecule has 5 heteroatoms. The molecule has 0 aromatic heterocycles. The van der Waals surface area contributed by atoms with Gasteiger partial charge in [-0.3, -0.25) is 4.79 Å². The lowest BCUT2D eigenvalue weighted by atomic mass is 9.96. The molecular weight excluding hydrogens is 236 g/mol. The highest BCUT2D eigenvalue weighted by molar-refractivity contribution is 7.80. The number of ether oxygens (including phenoxy) is 1. The molecule has 0 spiro atoms. The first-order chi connectivity index (χ1) is 8.20. The number of hydrogen-bond acceptors (Lipinski definition) is 3. The third kappa shape index (κ3) is 2.96. The molecule has 2 aliphatic heterocycles. The van der Waals surface area contributed by atoms with Crippen LogP contribution in [0, 0.1) is 5.92 Å². The Labute approximate surface area is 107 Å². The van der Waals surface area contributed by atoms with Gasteiger partial charge in [-0.15, -0.1) is 0 Å². The summed E-state index contributed by atoms with van der Waals surface area (Å²) in [6.07, 6.45) is 4.97. The second-order valence-electron chi connectivity index (χ2n) is 4.86. The Bertz CT molecular complexity index is 303. The van der Waals surface area contributed by atoms with Gasteiger partial charge in [0.05, 0.1) is 23.6 Å². The topological polar surface area (TPSA) is 55.6 Å². The largest absolute Gasteiger partial charge is 0.392 e. The van der Waals surface area contributed by atoms with Gasteiger partial charge in [0.1, 0.15) is 0 Å². The summed E-state index contributed by atoms with van der Waals surface area (Å²) in [4.78, 5) is 14.7. The zero-order valence-electron chi connectivity index (χ0n) is 10.1. The van der Waals surface area contributed by atoms with Gasteiger partial charge in [-0.2, -0.15) is 0 Å². The van der Waals surface area contributed by atoms with Crippen molar-refractivity contribution in [1.82, 2.24) is 4.90 Å². The predicted octanol–water partition coefficient (Wildman–Crippen LogP) is 1.08. The van der Waals surface area contributed by atoms with E-state index in [-0.39, 0.29) is 17.9 Å². The molecule has 2 atom stereocenters. The van der Waals surface area contributed by atoms with Crippen molar-refractivity contribution < 1.29 is 9.53 Å². The van der Waals surface area contributed by atoms with Crippen LogP contribution in [0.2, 0.25) is 0 Å². The third-order valence-corrected chi connectivity index (χ3v) is 3.90. The molecule has 0 saturated carbocycles. The molecule has 0 aromatic carbocycles. The normalized spacial score (nSPS) is 30.0. The summed E-state index contributed by atoms with van der Waals surface area (Å²) in [6, 6.07) is -0.0341. The molecule has 2 rings (SSSR count). The smallest absolute Gasteiger partial charge is 0.228 e. The molecule has 17 heavy (non-hydrogen) atoms. The van der Waals surface area contributed by atoms with Gasteiger partial charge < -0.3 is 15.4 Å². The van der Waals surface area contributed by atoms with Crippen molar-refractivity contribution in [3.8, 4) is 0 Å². The molecule has 0 bridgehead atoms. The van der Waals surface area contributed by atoms with Crippen LogP contribution in [-0.2, 0) is 9.53 Å². The van der Waals surface area contributed by atoms with Crippen LogP contribution in [0.3, 0.4) is 0 Å². The standard InChI is InChI=1S/C12H20N2O2S/c13-11(17)10-5-1-2-6-14(10)12(15)9-4-3-7-16-8-9/h9-10H,1-8H2,(H2,13,17). The average molecular weight is 256 g/mol. The monoisotopic (exact) mass is 256 g/mol. The van der Waals surface area contributed by atoms with Crippen LogP contribution in [0.15, 0.2) is 0 Å². The highest BCUT2D eigenvalue weighted by atomic mass is 32.1. The van der Waals surface area contributed by atoms with Gasteiger partial charge >= 0.3 is 0 Å². The molecule has 2 unspecified atom stereocenters. The summed E-state index contributed by atoms with van der Waals surface area (Å²) in [5.74, 6) is 0.195. The van der Waals surface area contributed by atoms with Crippen LogP contribution in [0.25, 0.3) is 0 Å². The molecule has 0 aliphatic carbocycles. The maximum atomic E-state index is 12.4. The van der Waals surface area contributed by atoms with E-state index in [2.05, 4.69) is 0 Å². The Morgan fingerprint density at radius 3 is 2.76 bits per heavy atom. The average Bonchev–Trinajstić information content (AvgIpc) is 2.39. The van der Waals surface area contributed by atoms with Crippen molar-refractivity contribution in [1.29, 1.82) is 0 Å². The third-order valence-electron chi connectivity index (χ3n) is 3.62. The second-order valence-corrected chi connectivity index (χ2v) is 5.33. The van der Waals surface area contributed by atoms with E-state index >= 15 is 0 Å². The fraction of sp³-hybridized carbons (Fsp3) is 0.833. The number of nitrogens with two attached hydrogens (primary N) is 1. The molecule has 4 nitrogen and oxygen atoms in total. The van der Waals surface area contributed by atoms with Crippen LogP contribution in [-0.4, -0.2) is 41.6 Å². The second kappa shape index (κ2) is 5.78. The first-order valence-electron chi connectivity index (χ1n) is 6.37. The molecular formula is C12H20N2O2S. The summed E-state index contributed by atoms with van der Waals surface area (Å²) in [7, 11) is 0. The van der Waals surface area contributed by atoms with Gasteiger partial charge in [-0.05, 0) is 32.1 Å². The van der Waals surface area contributed by atoms with E-state index in [1.54, 1.807) is 0 Å². The number of piperidine rings is 1. The Kier molecular flexibility index (Phi) is 4.34. The van der Waals surface area contributed by atoms with Gasteiger partial charge in [-0.1, -0.05) is 12.2 Å². The summed E-state index contributed by atoms with van der Waals surface area (Å²) >= 11 is 5.07. The van der Waals surface area contributed by atoms with Crippen molar-refractivity contribution in [2.75, 3.05) is 19.8 Å². The molecule has 2 N–H and O–H groups in total. The maximum Gasteiger partial charge on any atom is 0.228 e. The minimum absolute atomic E-state index is 0.0127. The Hall–Kier alpha value is -0.680. The summed E-state index contributed by atoms with van der Waals surface area (Å²) < 4.78 is 5.38. The van der Waals surface area contributed by atoms with Crippen molar-refractivity contribution in [2.45, 2.75) is 38.1 Å². The van der Waals surface area contributed by atoms with Crippen molar-refractivity contribution in [3.05, 3.63) is 0 Å². The first kappa shape index (κ1) is 12.8. The first-order valence-corrected chi connectivity index (χ1v) is 6.78. The molecule has 2 saturated heterocycles. The summed E-state index contributed by atoms with van der Waals surface area (Å²) in [6.45, 7) is 2.12. The number of amides is 1. The number of likely N-dealkylation sites (tertiary alicyclic amines) is 1. The number of rotatable bonds is 2. The summed E-state index contributed by atoms with van der Waals surface area (Å²) in [5.41, 5.74) is 5.73. The van der Waals surface area contributed by atoms with Gasteiger partial charge in [0.25, 0.3) is 0 Å². The van der Waals surface area contributed by atoms with Crippen molar-refractivity contribution in [2.24, 2.45) is 11.7 Å². The van der Waals surface area contributed by atoms with Crippen LogP contribution in [0.4, 0.5) is 0 Å². The molecule has 2 heterocycles. The maximum absolute atomic E-state index is 12.4. The molecule has 0 aromatic rings. The summed E-state index contributed by atoms with van der Waals surface area (Å²) in [5, 5.41) is 0. The molecule has 1 amide bonds. The van der Waals surface area contributed by atoms with Crippen LogP contribution in [0.1, 0.15) is 32.1 Å². The minimum Gasteiger partial charge on any atom is -0.392 e. The van der Waals surface area contributed by atoms with Gasteiger partial charge in [0.15, 0.2) is 0 Å². The van der Waals surface area contributed by atoms with Crippen molar-refractivity contribution in [3.63, 3.8) is 0 Å². The Morgan fingerprint density at radius 1 is 1.29 bits per heavy atom. The molecule has 2 fully saturated rings. The number of hydrogen-bond donors (Lipinski definition) is 1. The van der Waals surface area contributed by atoms with Crippen LogP contribution >= 0.6 is 12.2 Å². The number of carbonyl (C=O) groups is 1. The highest BCUT2D eigenvalue weighted by Crippen LogP contribution is 2.23. The number of nitrogens with zero attached hydrogens (tertiary/aromatic N) is 1. The lowest BCUT2D eigenvalue weighted by molar-refractivity contribution is -0.141. The van der Waals surface area contributed by atoms with Crippen LogP contribution < -0.4 is 5.73 Å². The SMILES string of the molecule is NC(=S)C1CCCCN1C(=O)C1CCCOC1. The molecule has 96 valence electrons. The van der Waals surface area contributed by atoms with E-state index in [1.807, 2.05) is 4.90 Å². The van der Waals surface area contributed by atoms with E-state index in [0.29, 0.717) is 11.6 Å².